The molecule has 2 amide bonds. The van der Waals surface area contributed by atoms with E-state index in [0.29, 0.717) is 49.3 Å². The lowest BCUT2D eigenvalue weighted by Crippen LogP contribution is -2.39. The van der Waals surface area contributed by atoms with Gasteiger partial charge in [0.25, 0.3) is 0 Å². The summed E-state index contributed by atoms with van der Waals surface area (Å²) in [4.78, 5) is 29.6. The molecule has 1 unspecified atom stereocenters. The van der Waals surface area contributed by atoms with Crippen LogP contribution in [0.25, 0.3) is 21.1 Å². The van der Waals surface area contributed by atoms with Crippen molar-refractivity contribution in [3.8, 4) is 5.75 Å². The third-order valence-electron chi connectivity index (χ3n) is 6.45. The second-order valence-corrected chi connectivity index (χ2v) is 9.58. The molecule has 4 heterocycles. The van der Waals surface area contributed by atoms with E-state index in [2.05, 4.69) is 33.3 Å². The molecule has 0 radical (unpaired) electrons. The van der Waals surface area contributed by atoms with Gasteiger partial charge in [0.2, 0.25) is 0 Å². The Bertz CT molecular complexity index is 1390. The number of nitrogens with zero attached hydrogens (tertiary/aromatic N) is 5. The lowest BCUT2D eigenvalue weighted by Gasteiger charge is -2.32. The van der Waals surface area contributed by atoms with E-state index in [1.165, 1.54) is 6.33 Å². The van der Waals surface area contributed by atoms with Crippen LogP contribution < -0.4 is 15.0 Å². The minimum absolute atomic E-state index is 0.0315. The number of urea groups is 1. The SMILES string of the molecule is CC.CC(Oc1cc(N2CCN(C)C2=O)cc2ncnc(Nc3ccc4ncsc4c3)c12)C1COC1. The number of carbonyl (C=O) groups is 1. The largest absolute Gasteiger partial charge is 0.489 e. The first kappa shape index (κ1) is 24.2. The van der Waals surface area contributed by atoms with Crippen molar-refractivity contribution < 1.29 is 14.3 Å². The van der Waals surface area contributed by atoms with Crippen LogP contribution in [0.4, 0.5) is 22.0 Å². The van der Waals surface area contributed by atoms with Crippen molar-refractivity contribution in [2.45, 2.75) is 26.9 Å². The summed E-state index contributed by atoms with van der Waals surface area (Å²) in [5, 5.41) is 4.22. The van der Waals surface area contributed by atoms with E-state index >= 15 is 0 Å². The highest BCUT2D eigenvalue weighted by atomic mass is 32.1. The Morgan fingerprint density at radius 2 is 1.94 bits per heavy atom. The zero-order valence-corrected chi connectivity index (χ0v) is 21.7. The van der Waals surface area contributed by atoms with Crippen LogP contribution >= 0.6 is 11.3 Å². The molecule has 9 nitrogen and oxygen atoms in total. The number of nitrogens with one attached hydrogen (secondary N) is 1. The molecule has 0 spiro atoms. The quantitative estimate of drug-likeness (QED) is 0.380. The molecule has 0 aliphatic carbocycles. The third kappa shape index (κ3) is 4.54. The molecule has 2 aromatic heterocycles. The molecule has 188 valence electrons. The molecular weight excluding hydrogens is 476 g/mol. The Kier molecular flexibility index (Phi) is 6.88. The molecule has 2 aliphatic rings. The van der Waals surface area contributed by atoms with E-state index in [1.807, 2.05) is 50.7 Å². The number of rotatable bonds is 6. The van der Waals surface area contributed by atoms with Gasteiger partial charge in [-0.1, -0.05) is 13.8 Å². The van der Waals surface area contributed by atoms with Crippen LogP contribution in [0, 0.1) is 5.92 Å². The van der Waals surface area contributed by atoms with Gasteiger partial charge >= 0.3 is 6.03 Å². The maximum absolute atomic E-state index is 12.7. The van der Waals surface area contributed by atoms with E-state index in [9.17, 15) is 4.79 Å². The predicted octanol–water partition coefficient (Wildman–Crippen LogP) is 5.29. The van der Waals surface area contributed by atoms with Crippen LogP contribution in [-0.4, -0.2) is 65.3 Å². The van der Waals surface area contributed by atoms with Gasteiger partial charge in [-0.2, -0.15) is 0 Å². The van der Waals surface area contributed by atoms with E-state index in [4.69, 9.17) is 9.47 Å². The predicted molar refractivity (Wildman–Crippen MR) is 144 cm³/mol. The highest BCUT2D eigenvalue weighted by Gasteiger charge is 2.30. The Morgan fingerprint density at radius 3 is 2.67 bits per heavy atom. The fourth-order valence-electron chi connectivity index (χ4n) is 4.26. The summed E-state index contributed by atoms with van der Waals surface area (Å²) in [6.07, 6.45) is 1.48. The number of thiazole rings is 1. The fraction of sp³-hybridized carbons (Fsp3) is 0.385. The normalized spacial score (nSPS) is 16.6. The van der Waals surface area contributed by atoms with Crippen LogP contribution in [0.2, 0.25) is 0 Å². The van der Waals surface area contributed by atoms with Gasteiger partial charge in [0.05, 0.1) is 45.5 Å². The molecule has 1 atom stereocenters. The van der Waals surface area contributed by atoms with Gasteiger partial charge < -0.3 is 19.7 Å². The second-order valence-electron chi connectivity index (χ2n) is 8.70. The number of likely N-dealkylation sites (N-methyl/N-ethyl adjacent to an activating group) is 1. The number of ether oxygens (including phenoxy) is 2. The zero-order valence-electron chi connectivity index (χ0n) is 20.9. The van der Waals surface area contributed by atoms with Crippen molar-refractivity contribution in [2.75, 3.05) is 43.6 Å². The van der Waals surface area contributed by atoms with Crippen LogP contribution in [-0.2, 0) is 4.74 Å². The molecule has 0 saturated carbocycles. The Labute approximate surface area is 214 Å². The molecule has 6 rings (SSSR count). The summed E-state index contributed by atoms with van der Waals surface area (Å²) in [5.41, 5.74) is 5.19. The summed E-state index contributed by atoms with van der Waals surface area (Å²) in [6, 6.07) is 9.85. The Balaban J connectivity index is 0.00000130. The van der Waals surface area contributed by atoms with Gasteiger partial charge in [0.15, 0.2) is 0 Å². The summed E-state index contributed by atoms with van der Waals surface area (Å²) in [5.74, 6) is 1.63. The van der Waals surface area contributed by atoms with Crippen molar-refractivity contribution in [3.05, 3.63) is 42.2 Å². The van der Waals surface area contributed by atoms with Gasteiger partial charge in [0.1, 0.15) is 24.0 Å². The van der Waals surface area contributed by atoms with Crippen molar-refractivity contribution in [3.63, 3.8) is 0 Å². The summed E-state index contributed by atoms with van der Waals surface area (Å²) in [6.45, 7) is 8.72. The summed E-state index contributed by atoms with van der Waals surface area (Å²) < 4.78 is 12.9. The first-order valence-electron chi connectivity index (χ1n) is 12.2. The van der Waals surface area contributed by atoms with Crippen molar-refractivity contribution in [2.24, 2.45) is 5.92 Å². The standard InChI is InChI=1S/C24H24N6O3S.C2H6/c1-14(15-10-32-11-15)33-20-9-17(30-6-5-29(2)24(30)31)8-19-22(20)23(26-12-25-19)28-16-3-4-18-21(7-16)34-13-27-18;1-2/h3-4,7-9,12-15H,5-6,10-11H2,1-2H3,(H,25,26,28);1-2H3. The van der Waals surface area contributed by atoms with Crippen molar-refractivity contribution in [1.82, 2.24) is 19.9 Å². The molecule has 36 heavy (non-hydrogen) atoms. The number of hydrogen-bond donors (Lipinski definition) is 1. The molecule has 10 heteroatoms. The molecule has 4 aromatic rings. The first-order chi connectivity index (χ1) is 17.6. The van der Waals surface area contributed by atoms with Gasteiger partial charge in [0, 0.05) is 37.8 Å². The minimum atomic E-state index is -0.0502. The topological polar surface area (TPSA) is 92.7 Å². The fourth-order valence-corrected chi connectivity index (χ4v) is 4.98. The highest BCUT2D eigenvalue weighted by molar-refractivity contribution is 7.16. The summed E-state index contributed by atoms with van der Waals surface area (Å²) in [7, 11) is 1.81. The Morgan fingerprint density at radius 1 is 1.11 bits per heavy atom. The second kappa shape index (κ2) is 10.2. The van der Waals surface area contributed by atoms with Crippen molar-refractivity contribution >= 4 is 55.7 Å². The average Bonchev–Trinajstić information content (AvgIpc) is 3.45. The smallest absolute Gasteiger partial charge is 0.324 e. The van der Waals surface area contributed by atoms with E-state index in [-0.39, 0.29) is 12.1 Å². The highest BCUT2D eigenvalue weighted by Crippen LogP contribution is 2.38. The first-order valence-corrected chi connectivity index (χ1v) is 13.1. The maximum atomic E-state index is 12.7. The number of carbonyl (C=O) groups excluding carboxylic acids is 1. The van der Waals surface area contributed by atoms with E-state index in [0.717, 1.165) is 27.0 Å². The van der Waals surface area contributed by atoms with Gasteiger partial charge in [-0.15, -0.1) is 11.3 Å². The monoisotopic (exact) mass is 506 g/mol. The Hall–Kier alpha value is -3.50. The van der Waals surface area contributed by atoms with Gasteiger partial charge in [-0.25, -0.2) is 19.7 Å². The average molecular weight is 507 g/mol. The number of anilines is 3. The number of fused-ring (bicyclic) bond motifs is 2. The lowest BCUT2D eigenvalue weighted by molar-refractivity contribution is -0.0773. The number of hydrogen-bond acceptors (Lipinski definition) is 8. The molecule has 2 aliphatic heterocycles. The lowest BCUT2D eigenvalue weighted by atomic mass is 10.0. The maximum Gasteiger partial charge on any atom is 0.324 e. The van der Waals surface area contributed by atoms with Gasteiger partial charge in [-0.3, -0.25) is 4.90 Å². The number of benzene rings is 2. The molecule has 2 aromatic carbocycles. The number of aromatic nitrogens is 3. The van der Waals surface area contributed by atoms with Crippen LogP contribution in [0.15, 0.2) is 42.2 Å². The minimum Gasteiger partial charge on any atom is -0.489 e. The van der Waals surface area contributed by atoms with Crippen LogP contribution in [0.5, 0.6) is 5.75 Å². The zero-order chi connectivity index (χ0) is 25.2. The van der Waals surface area contributed by atoms with Crippen LogP contribution in [0.3, 0.4) is 0 Å². The van der Waals surface area contributed by atoms with Gasteiger partial charge in [-0.05, 0) is 31.2 Å². The van der Waals surface area contributed by atoms with E-state index in [1.54, 1.807) is 21.1 Å². The van der Waals surface area contributed by atoms with E-state index < -0.39 is 0 Å². The van der Waals surface area contributed by atoms with Crippen LogP contribution in [0.1, 0.15) is 20.8 Å². The molecular formula is C26H30N6O3S. The molecule has 1 N–H and O–H groups in total. The molecule has 0 bridgehead atoms. The third-order valence-corrected chi connectivity index (χ3v) is 7.24. The molecule has 2 saturated heterocycles. The molecule has 2 fully saturated rings. The van der Waals surface area contributed by atoms with Crippen molar-refractivity contribution in [1.29, 1.82) is 0 Å². The summed E-state index contributed by atoms with van der Waals surface area (Å²) >= 11 is 1.59. The number of amides is 2.